The molecule has 0 saturated carbocycles. The van der Waals surface area contributed by atoms with Gasteiger partial charge in [-0.05, 0) is 54.7 Å². The van der Waals surface area contributed by atoms with Gasteiger partial charge in [0.2, 0.25) is 5.88 Å². The lowest BCUT2D eigenvalue weighted by Crippen LogP contribution is -2.11. The lowest BCUT2D eigenvalue weighted by Gasteiger charge is -2.10. The topological polar surface area (TPSA) is 48.1 Å². The van der Waals surface area contributed by atoms with Crippen LogP contribution in [0.15, 0.2) is 36.5 Å². The van der Waals surface area contributed by atoms with Crippen LogP contribution in [0.1, 0.15) is 23.1 Å². The normalized spacial score (nSPS) is 13.1. The first kappa shape index (κ1) is 12.1. The fourth-order valence-electron chi connectivity index (χ4n) is 2.38. The Morgan fingerprint density at radius 2 is 2.05 bits per heavy atom. The standard InChI is InChI=1S/C15H14N2OS/c16-14(19)13-5-2-8-17-15(13)18-12-7-6-10-3-1-4-11(10)9-12/h2,5-9H,1,3-4H2,(H2,16,19). The Morgan fingerprint density at radius 1 is 1.21 bits per heavy atom. The molecule has 3 rings (SSSR count). The zero-order chi connectivity index (χ0) is 13.2. The molecule has 4 heteroatoms. The van der Waals surface area contributed by atoms with Crippen molar-refractivity contribution in [2.45, 2.75) is 19.3 Å². The predicted octanol–water partition coefficient (Wildman–Crippen LogP) is 3.00. The molecule has 0 fully saturated rings. The second-order valence-corrected chi connectivity index (χ2v) is 5.05. The van der Waals surface area contributed by atoms with Gasteiger partial charge < -0.3 is 10.5 Å². The van der Waals surface area contributed by atoms with Crippen molar-refractivity contribution in [1.29, 1.82) is 0 Å². The molecule has 1 aliphatic carbocycles. The molecule has 1 aromatic carbocycles. The van der Waals surface area contributed by atoms with E-state index in [4.69, 9.17) is 22.7 Å². The molecule has 1 aliphatic rings. The summed E-state index contributed by atoms with van der Waals surface area (Å²) in [6, 6.07) is 9.80. The summed E-state index contributed by atoms with van der Waals surface area (Å²) >= 11 is 5.00. The molecule has 1 heterocycles. The van der Waals surface area contributed by atoms with Crippen LogP contribution in [0.3, 0.4) is 0 Å². The van der Waals surface area contributed by atoms with Gasteiger partial charge in [0.05, 0.1) is 5.56 Å². The van der Waals surface area contributed by atoms with Crippen molar-refractivity contribution in [2.75, 3.05) is 0 Å². The molecule has 3 nitrogen and oxygen atoms in total. The van der Waals surface area contributed by atoms with E-state index < -0.39 is 0 Å². The highest BCUT2D eigenvalue weighted by atomic mass is 32.1. The highest BCUT2D eigenvalue weighted by molar-refractivity contribution is 7.80. The molecule has 19 heavy (non-hydrogen) atoms. The van der Waals surface area contributed by atoms with Crippen LogP contribution in [0.25, 0.3) is 0 Å². The smallest absolute Gasteiger partial charge is 0.229 e. The number of aromatic nitrogens is 1. The summed E-state index contributed by atoms with van der Waals surface area (Å²) in [6.45, 7) is 0. The molecule has 0 amide bonds. The van der Waals surface area contributed by atoms with Crippen molar-refractivity contribution in [2.24, 2.45) is 5.73 Å². The van der Waals surface area contributed by atoms with E-state index in [1.54, 1.807) is 12.3 Å². The number of hydrogen-bond donors (Lipinski definition) is 1. The van der Waals surface area contributed by atoms with Gasteiger partial charge >= 0.3 is 0 Å². The Balaban J connectivity index is 1.91. The zero-order valence-electron chi connectivity index (χ0n) is 10.4. The third-order valence-corrected chi connectivity index (χ3v) is 3.54. The summed E-state index contributed by atoms with van der Waals surface area (Å²) in [6.07, 6.45) is 5.18. The van der Waals surface area contributed by atoms with Crippen molar-refractivity contribution in [1.82, 2.24) is 4.98 Å². The fourth-order valence-corrected chi connectivity index (χ4v) is 2.54. The van der Waals surface area contributed by atoms with E-state index in [1.165, 1.54) is 17.5 Å². The van der Waals surface area contributed by atoms with Gasteiger partial charge in [0.1, 0.15) is 10.7 Å². The molecule has 2 N–H and O–H groups in total. The van der Waals surface area contributed by atoms with Crippen LogP contribution >= 0.6 is 12.2 Å². The van der Waals surface area contributed by atoms with Crippen LogP contribution in [-0.2, 0) is 12.8 Å². The molecule has 0 bridgehead atoms. The van der Waals surface area contributed by atoms with Crippen LogP contribution < -0.4 is 10.5 Å². The average Bonchev–Trinajstić information content (AvgIpc) is 2.86. The lowest BCUT2D eigenvalue weighted by molar-refractivity contribution is 0.461. The van der Waals surface area contributed by atoms with Crippen LogP contribution in [-0.4, -0.2) is 9.97 Å². The number of benzene rings is 1. The summed E-state index contributed by atoms with van der Waals surface area (Å²) in [7, 11) is 0. The minimum absolute atomic E-state index is 0.296. The third kappa shape index (κ3) is 2.44. The molecule has 0 spiro atoms. The summed E-state index contributed by atoms with van der Waals surface area (Å²) < 4.78 is 5.82. The van der Waals surface area contributed by atoms with Gasteiger partial charge in [0, 0.05) is 6.20 Å². The van der Waals surface area contributed by atoms with Crippen LogP contribution in [0.4, 0.5) is 0 Å². The lowest BCUT2D eigenvalue weighted by atomic mass is 10.1. The van der Waals surface area contributed by atoms with E-state index in [1.807, 2.05) is 12.1 Å². The highest BCUT2D eigenvalue weighted by Crippen LogP contribution is 2.29. The maximum Gasteiger partial charge on any atom is 0.229 e. The van der Waals surface area contributed by atoms with E-state index in [0.29, 0.717) is 16.4 Å². The Hall–Kier alpha value is -1.94. The van der Waals surface area contributed by atoms with E-state index in [-0.39, 0.29) is 0 Å². The van der Waals surface area contributed by atoms with Crippen molar-refractivity contribution in [3.05, 3.63) is 53.2 Å². The predicted molar refractivity (Wildman–Crippen MR) is 78.7 cm³/mol. The second-order valence-electron chi connectivity index (χ2n) is 4.61. The Kier molecular flexibility index (Phi) is 3.17. The Labute approximate surface area is 117 Å². The van der Waals surface area contributed by atoms with Crippen LogP contribution in [0.5, 0.6) is 11.6 Å². The van der Waals surface area contributed by atoms with Gasteiger partial charge in [0.15, 0.2) is 0 Å². The number of ether oxygens (including phenoxy) is 1. The van der Waals surface area contributed by atoms with Crippen molar-refractivity contribution < 1.29 is 4.74 Å². The molecule has 2 aromatic rings. The minimum atomic E-state index is 0.296. The second kappa shape index (κ2) is 4.97. The first-order valence-corrected chi connectivity index (χ1v) is 6.69. The number of nitrogens with two attached hydrogens (primary N) is 1. The Bertz CT molecular complexity index is 640. The van der Waals surface area contributed by atoms with Gasteiger partial charge in [-0.15, -0.1) is 0 Å². The number of nitrogens with zero attached hydrogens (tertiary/aromatic N) is 1. The number of pyridine rings is 1. The average molecular weight is 270 g/mol. The molecular weight excluding hydrogens is 256 g/mol. The summed E-state index contributed by atoms with van der Waals surface area (Å²) in [5.74, 6) is 1.25. The van der Waals surface area contributed by atoms with Gasteiger partial charge in [0.25, 0.3) is 0 Å². The molecule has 96 valence electrons. The zero-order valence-corrected chi connectivity index (χ0v) is 11.2. The number of thiocarbonyl (C=S) groups is 1. The molecular formula is C15H14N2OS. The molecule has 0 saturated heterocycles. The molecule has 0 aliphatic heterocycles. The third-order valence-electron chi connectivity index (χ3n) is 3.32. The van der Waals surface area contributed by atoms with Gasteiger partial charge in [-0.25, -0.2) is 4.98 Å². The fraction of sp³-hybridized carbons (Fsp3) is 0.200. The maximum absolute atomic E-state index is 5.82. The van der Waals surface area contributed by atoms with Gasteiger partial charge in [-0.1, -0.05) is 18.3 Å². The molecule has 0 radical (unpaired) electrons. The minimum Gasteiger partial charge on any atom is -0.438 e. The number of aryl methyl sites for hydroxylation is 2. The highest BCUT2D eigenvalue weighted by Gasteiger charge is 2.13. The summed E-state index contributed by atoms with van der Waals surface area (Å²) in [4.78, 5) is 4.49. The number of rotatable bonds is 3. The van der Waals surface area contributed by atoms with Crippen molar-refractivity contribution in [3.63, 3.8) is 0 Å². The SMILES string of the molecule is NC(=S)c1cccnc1Oc1ccc2c(c1)CCC2. The van der Waals surface area contributed by atoms with Crippen LogP contribution in [0.2, 0.25) is 0 Å². The van der Waals surface area contributed by atoms with Crippen molar-refractivity contribution >= 4 is 17.2 Å². The summed E-state index contributed by atoms with van der Waals surface area (Å²) in [5, 5.41) is 0. The first-order valence-electron chi connectivity index (χ1n) is 6.28. The van der Waals surface area contributed by atoms with E-state index in [0.717, 1.165) is 18.6 Å². The van der Waals surface area contributed by atoms with Crippen molar-refractivity contribution in [3.8, 4) is 11.6 Å². The first-order chi connectivity index (χ1) is 9.24. The quantitative estimate of drug-likeness (QED) is 0.871. The summed E-state index contributed by atoms with van der Waals surface area (Å²) in [5.41, 5.74) is 9.12. The number of fused-ring (bicyclic) bond motifs is 1. The number of hydrogen-bond acceptors (Lipinski definition) is 3. The van der Waals surface area contributed by atoms with E-state index in [2.05, 4.69) is 17.1 Å². The van der Waals surface area contributed by atoms with E-state index >= 15 is 0 Å². The largest absolute Gasteiger partial charge is 0.438 e. The molecule has 0 atom stereocenters. The van der Waals surface area contributed by atoms with E-state index in [9.17, 15) is 0 Å². The molecule has 1 aromatic heterocycles. The maximum atomic E-state index is 5.82. The van der Waals surface area contributed by atoms with Crippen LogP contribution in [0, 0.1) is 0 Å². The van der Waals surface area contributed by atoms with Gasteiger partial charge in [-0.2, -0.15) is 0 Å². The monoisotopic (exact) mass is 270 g/mol. The Morgan fingerprint density at radius 3 is 2.89 bits per heavy atom. The molecule has 0 unspecified atom stereocenters. The van der Waals surface area contributed by atoms with Gasteiger partial charge in [-0.3, -0.25) is 0 Å².